The number of amides is 1. The van der Waals surface area contributed by atoms with Crippen LogP contribution in [-0.4, -0.2) is 10.9 Å². The number of nitrogens with two attached hydrogens (primary N) is 1. The van der Waals surface area contributed by atoms with Gasteiger partial charge >= 0.3 is 0 Å². The molecule has 0 spiro atoms. The van der Waals surface area contributed by atoms with Crippen LogP contribution in [0, 0.1) is 6.92 Å². The van der Waals surface area contributed by atoms with Crippen molar-refractivity contribution in [2.75, 3.05) is 11.1 Å². The molecule has 2 heterocycles. The van der Waals surface area contributed by atoms with Crippen LogP contribution in [0.15, 0.2) is 36.5 Å². The maximum atomic E-state index is 12.4. The van der Waals surface area contributed by atoms with Crippen LogP contribution in [0.25, 0.3) is 10.1 Å². The van der Waals surface area contributed by atoms with E-state index in [4.69, 9.17) is 17.3 Å². The first kappa shape index (κ1) is 13.9. The zero-order valence-corrected chi connectivity index (χ0v) is 12.8. The average molecular weight is 318 g/mol. The number of fused-ring (bicyclic) bond motifs is 1. The van der Waals surface area contributed by atoms with Gasteiger partial charge in [0.25, 0.3) is 5.91 Å². The van der Waals surface area contributed by atoms with E-state index in [0.29, 0.717) is 21.3 Å². The van der Waals surface area contributed by atoms with Crippen LogP contribution in [0.1, 0.15) is 15.4 Å². The van der Waals surface area contributed by atoms with Crippen molar-refractivity contribution in [2.24, 2.45) is 0 Å². The van der Waals surface area contributed by atoms with Crippen LogP contribution in [0.5, 0.6) is 0 Å². The highest BCUT2D eigenvalue weighted by Crippen LogP contribution is 2.38. The number of nitrogens with one attached hydrogen (secondary N) is 1. The van der Waals surface area contributed by atoms with Gasteiger partial charge in [0, 0.05) is 16.3 Å². The summed E-state index contributed by atoms with van der Waals surface area (Å²) in [6.45, 7) is 1.83. The lowest BCUT2D eigenvalue weighted by Crippen LogP contribution is -2.13. The molecule has 3 N–H and O–H groups in total. The molecule has 0 aliphatic carbocycles. The third-order valence-electron chi connectivity index (χ3n) is 3.16. The largest absolute Gasteiger partial charge is 0.397 e. The number of hydrogen-bond donors (Lipinski definition) is 2. The van der Waals surface area contributed by atoms with Gasteiger partial charge in [-0.25, -0.2) is 0 Å². The van der Waals surface area contributed by atoms with Gasteiger partial charge in [-0.3, -0.25) is 9.78 Å². The number of hydrogen-bond acceptors (Lipinski definition) is 4. The number of nitrogen functional groups attached to an aromatic ring is 1. The molecule has 1 amide bonds. The van der Waals surface area contributed by atoms with Gasteiger partial charge in [-0.15, -0.1) is 11.3 Å². The summed E-state index contributed by atoms with van der Waals surface area (Å²) < 4.78 is 0.896. The molecule has 3 aromatic rings. The van der Waals surface area contributed by atoms with Gasteiger partial charge in [-0.05, 0) is 31.2 Å². The molecule has 3 rings (SSSR count). The van der Waals surface area contributed by atoms with E-state index in [0.717, 1.165) is 15.8 Å². The first-order valence-electron chi connectivity index (χ1n) is 6.27. The van der Waals surface area contributed by atoms with Crippen molar-refractivity contribution < 1.29 is 4.79 Å². The lowest BCUT2D eigenvalue weighted by molar-refractivity contribution is 0.103. The van der Waals surface area contributed by atoms with Gasteiger partial charge in [-0.2, -0.15) is 0 Å². The van der Waals surface area contributed by atoms with Gasteiger partial charge < -0.3 is 11.1 Å². The highest BCUT2D eigenvalue weighted by molar-refractivity contribution is 7.21. The molecule has 1 aromatic carbocycles. The fourth-order valence-corrected chi connectivity index (χ4v) is 3.47. The standard InChI is InChI=1S/C15H12ClN3OS/c1-8-10(5-3-7-18-8)19-15(20)14-13(17)12-9(16)4-2-6-11(12)21-14/h2-7H,17H2,1H3,(H,19,20). The molecule has 0 bridgehead atoms. The number of anilines is 2. The Kier molecular flexibility index (Phi) is 3.53. The van der Waals surface area contributed by atoms with Crippen LogP contribution < -0.4 is 11.1 Å². The first-order valence-corrected chi connectivity index (χ1v) is 7.47. The molecule has 106 valence electrons. The predicted molar refractivity (Wildman–Crippen MR) is 88.2 cm³/mol. The minimum atomic E-state index is -0.249. The van der Waals surface area contributed by atoms with Crippen molar-refractivity contribution in [1.29, 1.82) is 0 Å². The van der Waals surface area contributed by atoms with Gasteiger partial charge in [0.2, 0.25) is 0 Å². The highest BCUT2D eigenvalue weighted by Gasteiger charge is 2.18. The molecular formula is C15H12ClN3OS. The second-order valence-electron chi connectivity index (χ2n) is 4.55. The summed E-state index contributed by atoms with van der Waals surface area (Å²) in [5.41, 5.74) is 7.92. The minimum absolute atomic E-state index is 0.249. The number of halogens is 1. The van der Waals surface area contributed by atoms with Crippen LogP contribution in [-0.2, 0) is 0 Å². The third-order valence-corrected chi connectivity index (χ3v) is 4.65. The Bertz CT molecular complexity index is 844. The maximum absolute atomic E-state index is 12.4. The second kappa shape index (κ2) is 5.35. The number of aromatic nitrogens is 1. The fraction of sp³-hybridized carbons (Fsp3) is 0.0667. The number of nitrogens with zero attached hydrogens (tertiary/aromatic N) is 1. The van der Waals surface area contributed by atoms with Crippen molar-refractivity contribution in [3.8, 4) is 0 Å². The molecular weight excluding hydrogens is 306 g/mol. The number of rotatable bonds is 2. The molecule has 0 saturated carbocycles. The number of pyridine rings is 1. The van der Waals surface area contributed by atoms with E-state index in [9.17, 15) is 4.79 Å². The average Bonchev–Trinajstić information content (AvgIpc) is 2.80. The van der Waals surface area contributed by atoms with Crippen molar-refractivity contribution in [1.82, 2.24) is 4.98 Å². The SMILES string of the molecule is Cc1ncccc1NC(=O)c1sc2cccc(Cl)c2c1N. The molecule has 0 aliphatic rings. The molecule has 0 unspecified atom stereocenters. The normalized spacial score (nSPS) is 10.8. The zero-order chi connectivity index (χ0) is 15.0. The summed E-state index contributed by atoms with van der Waals surface area (Å²) in [4.78, 5) is 17.0. The van der Waals surface area contributed by atoms with E-state index < -0.39 is 0 Å². The maximum Gasteiger partial charge on any atom is 0.267 e. The van der Waals surface area contributed by atoms with Crippen LogP contribution in [0.2, 0.25) is 5.02 Å². The Labute approximate surface area is 130 Å². The molecule has 21 heavy (non-hydrogen) atoms. The van der Waals surface area contributed by atoms with Gasteiger partial charge in [0.05, 0.1) is 22.1 Å². The summed E-state index contributed by atoms with van der Waals surface area (Å²) in [5, 5.41) is 4.12. The topological polar surface area (TPSA) is 68.0 Å². The van der Waals surface area contributed by atoms with Gasteiger partial charge in [0.15, 0.2) is 0 Å². The molecule has 6 heteroatoms. The Morgan fingerprint density at radius 1 is 1.33 bits per heavy atom. The van der Waals surface area contributed by atoms with Crippen LogP contribution in [0.3, 0.4) is 0 Å². The molecule has 0 atom stereocenters. The Morgan fingerprint density at radius 3 is 2.86 bits per heavy atom. The molecule has 0 aliphatic heterocycles. The van der Waals surface area contributed by atoms with E-state index in [1.807, 2.05) is 19.1 Å². The first-order chi connectivity index (χ1) is 10.1. The van der Waals surface area contributed by atoms with Gasteiger partial charge in [0.1, 0.15) is 4.88 Å². The smallest absolute Gasteiger partial charge is 0.267 e. The quantitative estimate of drug-likeness (QED) is 0.748. The summed E-state index contributed by atoms with van der Waals surface area (Å²) in [6, 6.07) is 9.08. The summed E-state index contributed by atoms with van der Waals surface area (Å²) in [6.07, 6.45) is 1.68. The Balaban J connectivity index is 2.01. The highest BCUT2D eigenvalue weighted by atomic mass is 35.5. The molecule has 0 radical (unpaired) electrons. The van der Waals surface area contributed by atoms with E-state index in [2.05, 4.69) is 10.3 Å². The number of benzene rings is 1. The number of aryl methyl sites for hydroxylation is 1. The van der Waals surface area contributed by atoms with Crippen molar-refractivity contribution in [2.45, 2.75) is 6.92 Å². The molecule has 0 saturated heterocycles. The second-order valence-corrected chi connectivity index (χ2v) is 6.01. The van der Waals surface area contributed by atoms with Gasteiger partial charge in [-0.1, -0.05) is 17.7 Å². The summed E-state index contributed by atoms with van der Waals surface area (Å²) in [5.74, 6) is -0.249. The van der Waals surface area contributed by atoms with Crippen molar-refractivity contribution in [3.05, 3.63) is 52.1 Å². The molecule has 4 nitrogen and oxygen atoms in total. The van der Waals surface area contributed by atoms with E-state index >= 15 is 0 Å². The number of carbonyl (C=O) groups excluding carboxylic acids is 1. The fourth-order valence-electron chi connectivity index (χ4n) is 2.09. The molecule has 2 aromatic heterocycles. The van der Waals surface area contributed by atoms with Crippen molar-refractivity contribution in [3.63, 3.8) is 0 Å². The van der Waals surface area contributed by atoms with E-state index in [-0.39, 0.29) is 5.91 Å². The summed E-state index contributed by atoms with van der Waals surface area (Å²) >= 11 is 7.48. The summed E-state index contributed by atoms with van der Waals surface area (Å²) in [7, 11) is 0. The number of carbonyl (C=O) groups is 1. The van der Waals surface area contributed by atoms with E-state index in [1.165, 1.54) is 11.3 Å². The minimum Gasteiger partial charge on any atom is -0.397 e. The van der Waals surface area contributed by atoms with E-state index in [1.54, 1.807) is 24.4 Å². The monoisotopic (exact) mass is 317 g/mol. The van der Waals surface area contributed by atoms with Crippen LogP contribution >= 0.6 is 22.9 Å². The number of thiophene rings is 1. The van der Waals surface area contributed by atoms with Crippen molar-refractivity contribution >= 4 is 50.3 Å². The Morgan fingerprint density at radius 2 is 2.14 bits per heavy atom. The zero-order valence-electron chi connectivity index (χ0n) is 11.2. The lowest BCUT2D eigenvalue weighted by atomic mass is 10.2. The third kappa shape index (κ3) is 2.46. The van der Waals surface area contributed by atoms with Crippen LogP contribution in [0.4, 0.5) is 11.4 Å². The molecule has 0 fully saturated rings. The predicted octanol–water partition coefficient (Wildman–Crippen LogP) is 4.09. The lowest BCUT2D eigenvalue weighted by Gasteiger charge is -2.06. The Hall–Kier alpha value is -2.11.